The number of aryl methyl sites for hydroxylation is 1. The molecule has 0 radical (unpaired) electrons. The first-order valence-corrected chi connectivity index (χ1v) is 20.7. The summed E-state index contributed by atoms with van der Waals surface area (Å²) in [6, 6.07) is 34.2. The lowest BCUT2D eigenvalue weighted by Crippen LogP contribution is -2.49. The summed E-state index contributed by atoms with van der Waals surface area (Å²) in [6.45, 7) is 16.0. The number of benzene rings is 4. The normalized spacial score (nSPS) is 16.5. The first-order valence-electron chi connectivity index (χ1n) is 19.0. The second-order valence-corrected chi connectivity index (χ2v) is 18.6. The maximum Gasteiger partial charge on any atom is 0.410 e. The Kier molecular flexibility index (Phi) is 12.3. The number of nitrogens with zero attached hydrogens (tertiary/aromatic N) is 2. The van der Waals surface area contributed by atoms with Crippen molar-refractivity contribution >= 4 is 35.7 Å². The zero-order chi connectivity index (χ0) is 38.5. The molecule has 0 spiro atoms. The van der Waals surface area contributed by atoms with Gasteiger partial charge in [0.05, 0.1) is 0 Å². The average molecular weight is 767 g/mol. The molecule has 0 N–H and O–H groups in total. The maximum atomic E-state index is 13.1. The van der Waals surface area contributed by atoms with E-state index in [4.69, 9.17) is 14.2 Å². The highest BCUT2D eigenvalue weighted by molar-refractivity contribution is 7.99. The van der Waals surface area contributed by atoms with E-state index in [9.17, 15) is 9.59 Å². The number of piperidine rings is 2. The van der Waals surface area contributed by atoms with Crippen LogP contribution in [0.1, 0.15) is 89.8 Å². The minimum Gasteiger partial charge on any atom is -0.482 e. The lowest BCUT2D eigenvalue weighted by Gasteiger charge is -2.43. The molecule has 9 heteroatoms. The molecule has 7 nitrogen and oxygen atoms in total. The summed E-state index contributed by atoms with van der Waals surface area (Å²) in [5.74, 6) is 1.17. The molecule has 0 saturated carbocycles. The highest BCUT2D eigenvalue weighted by Crippen LogP contribution is 2.45. The monoisotopic (exact) mass is 766 g/mol. The van der Waals surface area contributed by atoms with Gasteiger partial charge >= 0.3 is 12.2 Å². The minimum atomic E-state index is -0.637. The van der Waals surface area contributed by atoms with Crippen LogP contribution in [0.2, 0.25) is 0 Å². The Morgan fingerprint density at radius 1 is 0.630 bits per heavy atom. The van der Waals surface area contributed by atoms with Gasteiger partial charge in [0.1, 0.15) is 22.6 Å². The van der Waals surface area contributed by atoms with Crippen LogP contribution in [0.25, 0.3) is 0 Å². The van der Waals surface area contributed by atoms with E-state index in [-0.39, 0.29) is 12.2 Å². The van der Waals surface area contributed by atoms with E-state index < -0.39 is 16.8 Å². The Morgan fingerprint density at radius 2 is 1.11 bits per heavy atom. The van der Waals surface area contributed by atoms with Crippen LogP contribution in [-0.4, -0.2) is 59.4 Å². The largest absolute Gasteiger partial charge is 0.482 e. The Hall–Kier alpha value is -4.08. The topological polar surface area (TPSA) is 68.3 Å². The van der Waals surface area contributed by atoms with E-state index in [0.717, 1.165) is 33.9 Å². The molecule has 2 amide bonds. The molecule has 0 aliphatic carbocycles. The van der Waals surface area contributed by atoms with Crippen molar-refractivity contribution in [2.24, 2.45) is 0 Å². The fraction of sp³-hybridized carbons (Fsp3) is 0.422. The Labute approximate surface area is 330 Å². The van der Waals surface area contributed by atoms with Gasteiger partial charge in [0.2, 0.25) is 0 Å². The molecule has 2 fully saturated rings. The summed E-state index contributed by atoms with van der Waals surface area (Å²) in [5, 5.41) is 0. The highest BCUT2D eigenvalue weighted by Gasteiger charge is 2.42. The van der Waals surface area contributed by atoms with Crippen molar-refractivity contribution < 1.29 is 23.8 Å². The van der Waals surface area contributed by atoms with E-state index in [1.807, 2.05) is 46.4 Å². The van der Waals surface area contributed by atoms with Crippen LogP contribution in [0.15, 0.2) is 117 Å². The van der Waals surface area contributed by atoms with Gasteiger partial charge in [-0.1, -0.05) is 77.6 Å². The van der Waals surface area contributed by atoms with Gasteiger partial charge in [0, 0.05) is 64.2 Å². The molecule has 54 heavy (non-hydrogen) atoms. The highest BCUT2D eigenvalue weighted by atomic mass is 32.2. The molecule has 0 aromatic heterocycles. The quantitative estimate of drug-likeness (QED) is 0.177. The van der Waals surface area contributed by atoms with Gasteiger partial charge in [-0.3, -0.25) is 0 Å². The molecule has 0 atom stereocenters. The van der Waals surface area contributed by atoms with Crippen LogP contribution in [0.3, 0.4) is 0 Å². The predicted octanol–water partition coefficient (Wildman–Crippen LogP) is 11.7. The van der Waals surface area contributed by atoms with Gasteiger partial charge in [-0.15, -0.1) is 0 Å². The molecule has 2 aliphatic heterocycles. The molecule has 4 aromatic rings. The standard InChI is InChI=1S/C45H54N2O5S2/c1-32-16-20-35(21-17-32)54-40-15-11-9-13-38(40)45(26-30-47(31-27-45)42(49)52-44(5,6)7)50-34-18-22-36(23-19-34)53-39-14-10-8-12-37(39)33-24-28-46(29-25-33)41(48)51-43(2,3)4/h8-23,33H,24-31H2,1-7H3. The van der Waals surface area contributed by atoms with E-state index in [1.54, 1.807) is 28.4 Å². The molecule has 4 aromatic carbocycles. The molecule has 2 aliphatic rings. The van der Waals surface area contributed by atoms with E-state index in [0.29, 0.717) is 44.9 Å². The number of ether oxygens (including phenoxy) is 3. The number of hydrogen-bond acceptors (Lipinski definition) is 7. The maximum absolute atomic E-state index is 13.1. The zero-order valence-corrected chi connectivity index (χ0v) is 34.4. The third kappa shape index (κ3) is 10.4. The van der Waals surface area contributed by atoms with Crippen LogP contribution in [0, 0.1) is 6.92 Å². The van der Waals surface area contributed by atoms with Crippen molar-refractivity contribution in [2.45, 2.75) is 116 Å². The number of amides is 2. The van der Waals surface area contributed by atoms with Gasteiger partial charge in [-0.25, -0.2) is 9.59 Å². The Bertz CT molecular complexity index is 1880. The summed E-state index contributed by atoms with van der Waals surface area (Å²) in [4.78, 5) is 34.1. The summed E-state index contributed by atoms with van der Waals surface area (Å²) in [5.41, 5.74) is 1.99. The van der Waals surface area contributed by atoms with Gasteiger partial charge in [-0.05, 0) is 121 Å². The second kappa shape index (κ2) is 16.7. The molecule has 0 bridgehead atoms. The SMILES string of the molecule is Cc1ccc(Sc2ccccc2C2(Oc3ccc(Sc4ccccc4C4CCN(C(=O)OC(C)(C)C)CC4)cc3)CCN(C(=O)OC(C)(C)C)CC2)cc1. The summed E-state index contributed by atoms with van der Waals surface area (Å²) < 4.78 is 18.5. The third-order valence-corrected chi connectivity index (χ3v) is 11.9. The molecular weight excluding hydrogens is 713 g/mol. The van der Waals surface area contributed by atoms with Crippen LogP contribution in [0.5, 0.6) is 5.75 Å². The molecule has 286 valence electrons. The Balaban J connectivity index is 1.19. The lowest BCUT2D eigenvalue weighted by molar-refractivity contribution is -0.0218. The summed E-state index contributed by atoms with van der Waals surface area (Å²) >= 11 is 3.51. The van der Waals surface area contributed by atoms with Gasteiger partial charge in [0.25, 0.3) is 0 Å². The summed E-state index contributed by atoms with van der Waals surface area (Å²) in [7, 11) is 0. The van der Waals surface area contributed by atoms with Crippen molar-refractivity contribution in [3.8, 4) is 5.75 Å². The fourth-order valence-electron chi connectivity index (χ4n) is 7.01. The molecular formula is C45H54N2O5S2. The minimum absolute atomic E-state index is 0.227. The molecule has 6 rings (SSSR count). The predicted molar refractivity (Wildman–Crippen MR) is 218 cm³/mol. The second-order valence-electron chi connectivity index (χ2n) is 16.3. The summed E-state index contributed by atoms with van der Waals surface area (Å²) in [6.07, 6.45) is 2.56. The zero-order valence-electron chi connectivity index (χ0n) is 32.7. The van der Waals surface area contributed by atoms with Crippen molar-refractivity contribution in [3.63, 3.8) is 0 Å². The van der Waals surface area contributed by atoms with Crippen LogP contribution < -0.4 is 4.74 Å². The number of hydrogen-bond donors (Lipinski definition) is 0. The number of carbonyl (C=O) groups excluding carboxylic acids is 2. The lowest BCUT2D eigenvalue weighted by atomic mass is 9.84. The first kappa shape index (κ1) is 39.6. The van der Waals surface area contributed by atoms with Crippen molar-refractivity contribution in [3.05, 3.63) is 114 Å². The van der Waals surface area contributed by atoms with Crippen LogP contribution in [0.4, 0.5) is 9.59 Å². The van der Waals surface area contributed by atoms with Crippen molar-refractivity contribution in [2.75, 3.05) is 26.2 Å². The smallest absolute Gasteiger partial charge is 0.410 e. The molecule has 2 heterocycles. The van der Waals surface area contributed by atoms with E-state index in [2.05, 4.69) is 104 Å². The van der Waals surface area contributed by atoms with E-state index in [1.165, 1.54) is 20.9 Å². The van der Waals surface area contributed by atoms with Crippen molar-refractivity contribution in [1.29, 1.82) is 0 Å². The van der Waals surface area contributed by atoms with Gasteiger partial charge in [0.15, 0.2) is 0 Å². The number of likely N-dealkylation sites (tertiary alicyclic amines) is 2. The average Bonchev–Trinajstić information content (AvgIpc) is 3.13. The molecule has 2 saturated heterocycles. The Morgan fingerprint density at radius 3 is 1.69 bits per heavy atom. The first-order chi connectivity index (χ1) is 25.7. The van der Waals surface area contributed by atoms with Crippen LogP contribution >= 0.6 is 23.5 Å². The van der Waals surface area contributed by atoms with Gasteiger partial charge in [-0.2, -0.15) is 0 Å². The van der Waals surface area contributed by atoms with Crippen molar-refractivity contribution in [1.82, 2.24) is 9.80 Å². The number of rotatable bonds is 8. The fourth-order valence-corrected chi connectivity index (χ4v) is 9.07. The molecule has 0 unspecified atom stereocenters. The van der Waals surface area contributed by atoms with Gasteiger partial charge < -0.3 is 24.0 Å². The number of carbonyl (C=O) groups is 2. The third-order valence-electron chi connectivity index (χ3n) is 9.72. The van der Waals surface area contributed by atoms with E-state index >= 15 is 0 Å². The van der Waals surface area contributed by atoms with Crippen LogP contribution in [-0.2, 0) is 15.1 Å².